The Hall–Kier alpha value is -0.970. The minimum Gasteiger partial charge on any atom is -0.482 e. The van der Waals surface area contributed by atoms with Crippen molar-refractivity contribution >= 4 is 29.1 Å². The van der Waals surface area contributed by atoms with Crippen LogP contribution in [0.15, 0.2) is 18.2 Å². The molecule has 0 bridgehead atoms. The van der Waals surface area contributed by atoms with Crippen molar-refractivity contribution in [3.63, 3.8) is 0 Å². The van der Waals surface area contributed by atoms with E-state index in [-0.39, 0.29) is 18.6 Å². The minimum atomic E-state index is -0.187. The lowest BCUT2D eigenvalue weighted by atomic mass is 10.2. The number of benzene rings is 1. The molecular formula is C13H16Cl2N2O2. The molecule has 1 fully saturated rings. The first kappa shape index (κ1) is 14.4. The first-order valence-electron chi connectivity index (χ1n) is 6.17. The van der Waals surface area contributed by atoms with Crippen molar-refractivity contribution in [3.05, 3.63) is 28.2 Å². The zero-order valence-electron chi connectivity index (χ0n) is 10.4. The first-order valence-corrected chi connectivity index (χ1v) is 6.93. The van der Waals surface area contributed by atoms with E-state index in [1.807, 2.05) is 0 Å². The molecule has 0 aromatic heterocycles. The Kier molecular flexibility index (Phi) is 4.91. The highest BCUT2D eigenvalue weighted by atomic mass is 35.5. The van der Waals surface area contributed by atoms with Crippen LogP contribution in [0.3, 0.4) is 0 Å². The van der Waals surface area contributed by atoms with E-state index in [2.05, 4.69) is 5.32 Å². The van der Waals surface area contributed by atoms with Crippen LogP contribution in [0.4, 0.5) is 0 Å². The molecule has 0 aliphatic heterocycles. The van der Waals surface area contributed by atoms with E-state index in [1.54, 1.807) is 18.2 Å². The number of halogens is 2. The highest BCUT2D eigenvalue weighted by molar-refractivity contribution is 6.35. The van der Waals surface area contributed by atoms with Crippen LogP contribution in [0.5, 0.6) is 5.75 Å². The third-order valence-electron chi connectivity index (χ3n) is 3.04. The van der Waals surface area contributed by atoms with Crippen molar-refractivity contribution in [2.45, 2.75) is 18.9 Å². The molecule has 0 spiro atoms. The van der Waals surface area contributed by atoms with E-state index in [0.29, 0.717) is 28.3 Å². The fourth-order valence-corrected chi connectivity index (χ4v) is 2.31. The molecule has 3 N–H and O–H groups in total. The van der Waals surface area contributed by atoms with Gasteiger partial charge in [-0.25, -0.2) is 0 Å². The van der Waals surface area contributed by atoms with Crippen LogP contribution in [0, 0.1) is 5.92 Å². The summed E-state index contributed by atoms with van der Waals surface area (Å²) in [5.41, 5.74) is 5.62. The molecule has 104 valence electrons. The molecule has 1 unspecified atom stereocenters. The van der Waals surface area contributed by atoms with Gasteiger partial charge in [-0.1, -0.05) is 23.2 Å². The number of hydrogen-bond acceptors (Lipinski definition) is 3. The van der Waals surface area contributed by atoms with Gasteiger partial charge in [-0.3, -0.25) is 4.79 Å². The maximum absolute atomic E-state index is 11.7. The molecule has 0 heterocycles. The monoisotopic (exact) mass is 302 g/mol. The number of rotatable bonds is 6. The highest BCUT2D eigenvalue weighted by Crippen LogP contribution is 2.32. The topological polar surface area (TPSA) is 64.3 Å². The maximum atomic E-state index is 11.7. The molecule has 1 aromatic rings. The van der Waals surface area contributed by atoms with E-state index >= 15 is 0 Å². The zero-order chi connectivity index (χ0) is 13.8. The van der Waals surface area contributed by atoms with Gasteiger partial charge in [0.1, 0.15) is 5.75 Å². The van der Waals surface area contributed by atoms with Gasteiger partial charge in [-0.15, -0.1) is 0 Å². The third kappa shape index (κ3) is 4.27. The Morgan fingerprint density at radius 2 is 2.21 bits per heavy atom. The average molecular weight is 303 g/mol. The molecule has 1 amide bonds. The summed E-state index contributed by atoms with van der Waals surface area (Å²) >= 11 is 11.7. The second-order valence-electron chi connectivity index (χ2n) is 4.61. The van der Waals surface area contributed by atoms with E-state index in [0.717, 1.165) is 12.8 Å². The number of carbonyl (C=O) groups excluding carboxylic acids is 1. The Labute approximate surface area is 122 Å². The van der Waals surface area contributed by atoms with Gasteiger partial charge in [0, 0.05) is 17.6 Å². The van der Waals surface area contributed by atoms with Crippen LogP contribution in [-0.2, 0) is 4.79 Å². The third-order valence-corrected chi connectivity index (χ3v) is 3.57. The van der Waals surface area contributed by atoms with Gasteiger partial charge < -0.3 is 15.8 Å². The SMILES string of the molecule is NCC(NC(=O)COc1ccc(Cl)cc1Cl)C1CC1. The molecule has 0 saturated heterocycles. The van der Waals surface area contributed by atoms with Crippen LogP contribution in [0.1, 0.15) is 12.8 Å². The number of ether oxygens (including phenoxy) is 1. The van der Waals surface area contributed by atoms with Crippen molar-refractivity contribution in [3.8, 4) is 5.75 Å². The summed E-state index contributed by atoms with van der Waals surface area (Å²) in [6.45, 7) is 0.378. The summed E-state index contributed by atoms with van der Waals surface area (Å²) < 4.78 is 5.36. The predicted molar refractivity (Wildman–Crippen MR) is 75.7 cm³/mol. The van der Waals surface area contributed by atoms with Crippen LogP contribution < -0.4 is 15.8 Å². The lowest BCUT2D eigenvalue weighted by Crippen LogP contribution is -2.43. The number of hydrogen-bond donors (Lipinski definition) is 2. The van der Waals surface area contributed by atoms with Crippen molar-refractivity contribution in [2.24, 2.45) is 11.7 Å². The maximum Gasteiger partial charge on any atom is 0.258 e. The van der Waals surface area contributed by atoms with Gasteiger partial charge in [0.25, 0.3) is 5.91 Å². The van der Waals surface area contributed by atoms with E-state index in [4.69, 9.17) is 33.7 Å². The average Bonchev–Trinajstić information content (AvgIpc) is 3.19. The smallest absolute Gasteiger partial charge is 0.258 e. The van der Waals surface area contributed by atoms with Gasteiger partial charge >= 0.3 is 0 Å². The molecule has 4 nitrogen and oxygen atoms in total. The number of carbonyl (C=O) groups is 1. The molecule has 1 aliphatic carbocycles. The fraction of sp³-hybridized carbons (Fsp3) is 0.462. The summed E-state index contributed by atoms with van der Waals surface area (Å²) in [5.74, 6) is 0.776. The molecule has 2 rings (SSSR count). The van der Waals surface area contributed by atoms with E-state index in [1.165, 1.54) is 0 Å². The van der Waals surface area contributed by atoms with E-state index in [9.17, 15) is 4.79 Å². The largest absolute Gasteiger partial charge is 0.482 e. The summed E-state index contributed by atoms with van der Waals surface area (Å²) in [5, 5.41) is 3.79. The predicted octanol–water partition coefficient (Wildman–Crippen LogP) is 2.23. The number of amides is 1. The Balaban J connectivity index is 1.82. The molecule has 0 radical (unpaired) electrons. The summed E-state index contributed by atoms with van der Waals surface area (Å²) in [6, 6.07) is 4.92. The molecule has 1 atom stereocenters. The summed E-state index contributed by atoms with van der Waals surface area (Å²) in [7, 11) is 0. The van der Waals surface area contributed by atoms with E-state index < -0.39 is 0 Å². The number of nitrogens with one attached hydrogen (secondary N) is 1. The van der Waals surface area contributed by atoms with Gasteiger partial charge in [0.05, 0.1) is 5.02 Å². The second-order valence-corrected chi connectivity index (χ2v) is 5.45. The fourth-order valence-electron chi connectivity index (χ4n) is 1.85. The summed E-state index contributed by atoms with van der Waals surface area (Å²) in [4.78, 5) is 11.7. The van der Waals surface area contributed by atoms with Crippen LogP contribution in [0.2, 0.25) is 10.0 Å². The lowest BCUT2D eigenvalue weighted by molar-refractivity contribution is -0.123. The zero-order valence-corrected chi connectivity index (χ0v) is 11.9. The normalized spacial score (nSPS) is 15.9. The van der Waals surface area contributed by atoms with Gasteiger partial charge in [-0.2, -0.15) is 0 Å². The number of nitrogens with two attached hydrogens (primary N) is 1. The van der Waals surface area contributed by atoms with Crippen LogP contribution >= 0.6 is 23.2 Å². The molecular weight excluding hydrogens is 287 g/mol. The molecule has 6 heteroatoms. The first-order chi connectivity index (χ1) is 9.10. The molecule has 1 aromatic carbocycles. The minimum absolute atomic E-state index is 0.0526. The Morgan fingerprint density at radius 1 is 1.47 bits per heavy atom. The molecule has 19 heavy (non-hydrogen) atoms. The Bertz CT molecular complexity index is 464. The second kappa shape index (κ2) is 6.46. The van der Waals surface area contributed by atoms with Gasteiger partial charge in [0.2, 0.25) is 0 Å². The van der Waals surface area contributed by atoms with Crippen molar-refractivity contribution in [1.29, 1.82) is 0 Å². The molecule has 1 aliphatic rings. The van der Waals surface area contributed by atoms with Crippen LogP contribution in [0.25, 0.3) is 0 Å². The molecule has 1 saturated carbocycles. The van der Waals surface area contributed by atoms with Gasteiger partial charge in [-0.05, 0) is 37.0 Å². The van der Waals surface area contributed by atoms with Gasteiger partial charge in [0.15, 0.2) is 6.61 Å². The quantitative estimate of drug-likeness (QED) is 0.847. The van der Waals surface area contributed by atoms with Crippen LogP contribution in [-0.4, -0.2) is 25.1 Å². The standard InChI is InChI=1S/C13H16Cl2N2O2/c14-9-3-4-12(10(15)5-9)19-7-13(18)17-11(6-16)8-1-2-8/h3-5,8,11H,1-2,6-7,16H2,(H,17,18). The van der Waals surface area contributed by atoms with Crippen molar-refractivity contribution < 1.29 is 9.53 Å². The summed E-state index contributed by atoms with van der Waals surface area (Å²) in [6.07, 6.45) is 2.26. The lowest BCUT2D eigenvalue weighted by Gasteiger charge is -2.16. The van der Waals surface area contributed by atoms with Crippen molar-refractivity contribution in [1.82, 2.24) is 5.32 Å². The van der Waals surface area contributed by atoms with Crippen molar-refractivity contribution in [2.75, 3.05) is 13.2 Å². The highest BCUT2D eigenvalue weighted by Gasteiger charge is 2.31. The Morgan fingerprint density at radius 3 is 2.79 bits per heavy atom.